The molecular formula is C15H21BrN4O2. The molecule has 0 radical (unpaired) electrons. The molecule has 1 aromatic rings. The summed E-state index contributed by atoms with van der Waals surface area (Å²) >= 11 is 3.28. The molecule has 1 heterocycles. The van der Waals surface area contributed by atoms with E-state index in [-0.39, 0.29) is 30.3 Å². The number of likely N-dealkylation sites (N-methyl/N-ethyl adjacent to an activating group) is 1. The lowest BCUT2D eigenvalue weighted by atomic mass is 9.99. The van der Waals surface area contributed by atoms with Gasteiger partial charge in [0, 0.05) is 30.2 Å². The highest BCUT2D eigenvalue weighted by atomic mass is 79.9. The van der Waals surface area contributed by atoms with Crippen LogP contribution >= 0.6 is 15.9 Å². The Morgan fingerprint density at radius 1 is 1.45 bits per heavy atom. The zero-order valence-corrected chi connectivity index (χ0v) is 14.2. The van der Waals surface area contributed by atoms with Crippen LogP contribution in [-0.4, -0.2) is 41.3 Å². The predicted molar refractivity (Wildman–Crippen MR) is 88.1 cm³/mol. The van der Waals surface area contributed by atoms with Crippen LogP contribution in [-0.2, 0) is 9.59 Å². The lowest BCUT2D eigenvalue weighted by Gasteiger charge is -2.20. The highest BCUT2D eigenvalue weighted by Gasteiger charge is 2.27. The number of hydrogen-bond acceptors (Lipinski definition) is 4. The second-order valence-electron chi connectivity index (χ2n) is 5.72. The van der Waals surface area contributed by atoms with E-state index in [2.05, 4.69) is 26.2 Å². The third-order valence-electron chi connectivity index (χ3n) is 3.96. The number of carbonyl (C=O) groups excluding carboxylic acids is 2. The molecule has 22 heavy (non-hydrogen) atoms. The summed E-state index contributed by atoms with van der Waals surface area (Å²) in [6.07, 6.45) is 5.08. The lowest BCUT2D eigenvalue weighted by molar-refractivity contribution is -0.134. The maximum Gasteiger partial charge on any atom is 0.245 e. The van der Waals surface area contributed by atoms with Crippen LogP contribution in [0.3, 0.4) is 0 Å². The van der Waals surface area contributed by atoms with E-state index < -0.39 is 0 Å². The minimum absolute atomic E-state index is 0.0124. The summed E-state index contributed by atoms with van der Waals surface area (Å²) in [5.74, 6) is 0.403. The third-order valence-corrected chi connectivity index (χ3v) is 4.43. The van der Waals surface area contributed by atoms with Gasteiger partial charge in [0.05, 0.1) is 6.54 Å². The van der Waals surface area contributed by atoms with Crippen LogP contribution in [0.25, 0.3) is 0 Å². The number of aromatic nitrogens is 1. The van der Waals surface area contributed by atoms with E-state index in [4.69, 9.17) is 5.73 Å². The molecule has 2 atom stereocenters. The van der Waals surface area contributed by atoms with Crippen LogP contribution in [0, 0.1) is 5.92 Å². The first-order valence-electron chi connectivity index (χ1n) is 7.36. The Labute approximate surface area is 138 Å². The SMILES string of the molecule is CN(CC(=O)Nc1ccc(Br)cn1)C(=O)C[C@@H]1CCC[C@H]1N. The molecule has 1 aliphatic rings. The number of halogens is 1. The van der Waals surface area contributed by atoms with Gasteiger partial charge in [-0.25, -0.2) is 4.98 Å². The number of carbonyl (C=O) groups is 2. The van der Waals surface area contributed by atoms with Crippen molar-refractivity contribution in [3.63, 3.8) is 0 Å². The smallest absolute Gasteiger partial charge is 0.245 e. The molecular weight excluding hydrogens is 348 g/mol. The van der Waals surface area contributed by atoms with Crippen LogP contribution in [0.2, 0.25) is 0 Å². The molecule has 0 unspecified atom stereocenters. The molecule has 3 N–H and O–H groups in total. The minimum atomic E-state index is -0.263. The van der Waals surface area contributed by atoms with E-state index >= 15 is 0 Å². The molecule has 1 aliphatic carbocycles. The quantitative estimate of drug-likeness (QED) is 0.828. The fourth-order valence-electron chi connectivity index (χ4n) is 2.63. The van der Waals surface area contributed by atoms with E-state index in [1.165, 1.54) is 4.90 Å². The zero-order valence-electron chi connectivity index (χ0n) is 12.6. The second-order valence-corrected chi connectivity index (χ2v) is 6.63. The summed E-state index contributed by atoms with van der Waals surface area (Å²) in [4.78, 5) is 29.6. The summed E-state index contributed by atoms with van der Waals surface area (Å²) in [6.45, 7) is 0.0124. The number of anilines is 1. The summed E-state index contributed by atoms with van der Waals surface area (Å²) in [7, 11) is 1.64. The number of nitrogens with one attached hydrogen (secondary N) is 1. The van der Waals surface area contributed by atoms with E-state index in [9.17, 15) is 9.59 Å². The Hall–Kier alpha value is -1.47. The number of rotatable bonds is 5. The number of hydrogen-bond donors (Lipinski definition) is 2. The van der Waals surface area contributed by atoms with Crippen molar-refractivity contribution in [3.8, 4) is 0 Å². The van der Waals surface area contributed by atoms with Gasteiger partial charge in [-0.3, -0.25) is 9.59 Å². The monoisotopic (exact) mass is 368 g/mol. The van der Waals surface area contributed by atoms with Gasteiger partial charge in [0.15, 0.2) is 0 Å². The molecule has 1 saturated carbocycles. The minimum Gasteiger partial charge on any atom is -0.336 e. The molecule has 0 aromatic carbocycles. The van der Waals surface area contributed by atoms with Crippen molar-refractivity contribution in [1.82, 2.24) is 9.88 Å². The fourth-order valence-corrected chi connectivity index (χ4v) is 2.87. The Bertz CT molecular complexity index is 535. The summed E-state index contributed by atoms with van der Waals surface area (Å²) in [5.41, 5.74) is 5.98. The van der Waals surface area contributed by atoms with Gasteiger partial charge < -0.3 is 16.0 Å². The van der Waals surface area contributed by atoms with Crippen molar-refractivity contribution in [3.05, 3.63) is 22.8 Å². The van der Waals surface area contributed by atoms with Crippen molar-refractivity contribution in [2.45, 2.75) is 31.7 Å². The molecule has 1 fully saturated rings. The van der Waals surface area contributed by atoms with Crippen LogP contribution in [0.4, 0.5) is 5.82 Å². The number of nitrogens with two attached hydrogens (primary N) is 1. The summed E-state index contributed by atoms with van der Waals surface area (Å²) in [6, 6.07) is 3.60. The molecule has 2 amide bonds. The van der Waals surface area contributed by atoms with Crippen molar-refractivity contribution < 1.29 is 9.59 Å². The highest BCUT2D eigenvalue weighted by Crippen LogP contribution is 2.27. The average molecular weight is 369 g/mol. The van der Waals surface area contributed by atoms with Crippen molar-refractivity contribution in [2.75, 3.05) is 18.9 Å². The Morgan fingerprint density at radius 2 is 2.23 bits per heavy atom. The van der Waals surface area contributed by atoms with Crippen molar-refractivity contribution in [1.29, 1.82) is 0 Å². The van der Waals surface area contributed by atoms with Gasteiger partial charge in [0.1, 0.15) is 5.82 Å². The van der Waals surface area contributed by atoms with E-state index in [1.807, 2.05) is 0 Å². The van der Waals surface area contributed by atoms with Crippen LogP contribution in [0.1, 0.15) is 25.7 Å². The predicted octanol–water partition coefficient (Wildman–Crippen LogP) is 1.76. The highest BCUT2D eigenvalue weighted by molar-refractivity contribution is 9.10. The first-order valence-corrected chi connectivity index (χ1v) is 8.16. The Kier molecular flexibility index (Phi) is 5.90. The maximum atomic E-state index is 12.1. The molecule has 0 saturated heterocycles. The molecule has 1 aromatic heterocycles. The maximum absolute atomic E-state index is 12.1. The first-order chi connectivity index (χ1) is 10.5. The van der Waals surface area contributed by atoms with Gasteiger partial charge in [-0.2, -0.15) is 0 Å². The molecule has 7 heteroatoms. The van der Waals surface area contributed by atoms with Crippen LogP contribution in [0.15, 0.2) is 22.8 Å². The average Bonchev–Trinajstić information content (AvgIpc) is 2.86. The standard InChI is InChI=1S/C15H21BrN4O2/c1-20(15(22)7-10-3-2-4-12(10)17)9-14(21)19-13-6-5-11(16)8-18-13/h5-6,8,10,12H,2-4,7,9,17H2,1H3,(H,18,19,21)/t10-,12+/m0/s1. The van der Waals surface area contributed by atoms with Crippen molar-refractivity contribution >= 4 is 33.6 Å². The van der Waals surface area contributed by atoms with Crippen LogP contribution in [0.5, 0.6) is 0 Å². The molecule has 120 valence electrons. The van der Waals surface area contributed by atoms with Gasteiger partial charge >= 0.3 is 0 Å². The third kappa shape index (κ3) is 4.78. The van der Waals surface area contributed by atoms with Gasteiger partial charge in [0.25, 0.3) is 0 Å². The molecule has 6 nitrogen and oxygen atoms in total. The van der Waals surface area contributed by atoms with Gasteiger partial charge in [0.2, 0.25) is 11.8 Å². The number of nitrogens with zero attached hydrogens (tertiary/aromatic N) is 2. The Balaban J connectivity index is 1.80. The molecule has 2 rings (SSSR count). The molecule has 0 bridgehead atoms. The normalized spacial score (nSPS) is 20.7. The lowest BCUT2D eigenvalue weighted by Crippen LogP contribution is -2.37. The van der Waals surface area contributed by atoms with Gasteiger partial charge in [-0.15, -0.1) is 0 Å². The number of amides is 2. The van der Waals surface area contributed by atoms with E-state index in [0.29, 0.717) is 12.2 Å². The van der Waals surface area contributed by atoms with Crippen LogP contribution < -0.4 is 11.1 Å². The van der Waals surface area contributed by atoms with Crippen molar-refractivity contribution in [2.24, 2.45) is 11.7 Å². The Morgan fingerprint density at radius 3 is 2.82 bits per heavy atom. The molecule has 0 aliphatic heterocycles. The van der Waals surface area contributed by atoms with Gasteiger partial charge in [-0.05, 0) is 46.8 Å². The van der Waals surface area contributed by atoms with E-state index in [0.717, 1.165) is 23.7 Å². The zero-order chi connectivity index (χ0) is 16.1. The first kappa shape index (κ1) is 16.9. The summed E-state index contributed by atoms with van der Waals surface area (Å²) < 4.78 is 0.839. The van der Waals surface area contributed by atoms with E-state index in [1.54, 1.807) is 25.4 Å². The van der Waals surface area contributed by atoms with Gasteiger partial charge in [-0.1, -0.05) is 6.42 Å². The summed E-state index contributed by atoms with van der Waals surface area (Å²) in [5, 5.41) is 2.67. The largest absolute Gasteiger partial charge is 0.336 e. The number of pyridine rings is 1. The fraction of sp³-hybridized carbons (Fsp3) is 0.533. The molecule has 0 spiro atoms. The topological polar surface area (TPSA) is 88.3 Å². The second kappa shape index (κ2) is 7.69.